The van der Waals surface area contributed by atoms with Gasteiger partial charge in [-0.1, -0.05) is 12.5 Å². The van der Waals surface area contributed by atoms with Crippen LogP contribution in [0.3, 0.4) is 0 Å². The van der Waals surface area contributed by atoms with Gasteiger partial charge in [-0.3, -0.25) is 4.98 Å². The molecule has 0 aliphatic carbocycles. The van der Waals surface area contributed by atoms with Gasteiger partial charge in [0.15, 0.2) is 0 Å². The van der Waals surface area contributed by atoms with Crippen molar-refractivity contribution in [2.24, 2.45) is 0 Å². The molecule has 0 spiro atoms. The average Bonchev–Trinajstić information content (AvgIpc) is 2.47. The summed E-state index contributed by atoms with van der Waals surface area (Å²) in [5, 5.41) is 9.40. The lowest BCUT2D eigenvalue weighted by Gasteiger charge is -2.36. The predicted octanol–water partition coefficient (Wildman–Crippen LogP) is 0.913. The van der Waals surface area contributed by atoms with E-state index in [0.29, 0.717) is 13.0 Å². The molecule has 0 saturated carbocycles. The highest BCUT2D eigenvalue weighted by Crippen LogP contribution is 2.22. The van der Waals surface area contributed by atoms with E-state index < -0.39 is 10.2 Å². The van der Waals surface area contributed by atoms with E-state index in [0.717, 1.165) is 24.2 Å². The molecule has 2 rings (SSSR count). The standard InChI is InChI=1S/C14H23N3O3S/c1-12-6-5-7-13(15-12)10-16(2)21(19,20)17-9-4-3-8-14(17)11-18/h5-7,14,18H,3-4,8-11H2,1-2H3. The first-order valence-corrected chi connectivity index (χ1v) is 8.61. The molecule has 1 unspecified atom stereocenters. The maximum Gasteiger partial charge on any atom is 0.282 e. The smallest absolute Gasteiger partial charge is 0.282 e. The molecule has 7 heteroatoms. The summed E-state index contributed by atoms with van der Waals surface area (Å²) in [5.41, 5.74) is 1.59. The van der Waals surface area contributed by atoms with E-state index in [1.807, 2.05) is 25.1 Å². The summed E-state index contributed by atoms with van der Waals surface area (Å²) in [4.78, 5) is 4.34. The van der Waals surface area contributed by atoms with E-state index in [4.69, 9.17) is 0 Å². The third kappa shape index (κ3) is 3.79. The van der Waals surface area contributed by atoms with Crippen LogP contribution in [0.1, 0.15) is 30.7 Å². The van der Waals surface area contributed by atoms with Crippen molar-refractivity contribution < 1.29 is 13.5 Å². The van der Waals surface area contributed by atoms with Crippen LogP contribution in [-0.2, 0) is 16.8 Å². The van der Waals surface area contributed by atoms with Crippen molar-refractivity contribution in [3.8, 4) is 0 Å². The second kappa shape index (κ2) is 6.83. The summed E-state index contributed by atoms with van der Waals surface area (Å²) in [6.45, 7) is 2.46. The maximum atomic E-state index is 12.7. The Balaban J connectivity index is 2.14. The molecule has 1 atom stereocenters. The van der Waals surface area contributed by atoms with Crippen LogP contribution in [0.25, 0.3) is 0 Å². The van der Waals surface area contributed by atoms with E-state index >= 15 is 0 Å². The van der Waals surface area contributed by atoms with Gasteiger partial charge >= 0.3 is 0 Å². The van der Waals surface area contributed by atoms with Crippen LogP contribution >= 0.6 is 0 Å². The van der Waals surface area contributed by atoms with Crippen molar-refractivity contribution in [2.75, 3.05) is 20.2 Å². The monoisotopic (exact) mass is 313 g/mol. The van der Waals surface area contributed by atoms with Gasteiger partial charge in [0.25, 0.3) is 10.2 Å². The Hall–Kier alpha value is -1.02. The first kappa shape index (κ1) is 16.4. The van der Waals surface area contributed by atoms with E-state index in [2.05, 4.69) is 4.98 Å². The van der Waals surface area contributed by atoms with Gasteiger partial charge in [-0.2, -0.15) is 17.0 Å². The minimum Gasteiger partial charge on any atom is -0.395 e. The van der Waals surface area contributed by atoms with E-state index in [-0.39, 0.29) is 19.2 Å². The van der Waals surface area contributed by atoms with Crippen LogP contribution < -0.4 is 0 Å². The second-order valence-electron chi connectivity index (χ2n) is 5.48. The number of aliphatic hydroxyl groups is 1. The molecule has 1 aliphatic heterocycles. The Morgan fingerprint density at radius 1 is 1.43 bits per heavy atom. The molecule has 118 valence electrons. The van der Waals surface area contributed by atoms with Gasteiger partial charge in [0.2, 0.25) is 0 Å². The van der Waals surface area contributed by atoms with Gasteiger partial charge in [0.05, 0.1) is 18.8 Å². The average molecular weight is 313 g/mol. The number of aryl methyl sites for hydroxylation is 1. The lowest BCUT2D eigenvalue weighted by molar-refractivity contribution is 0.148. The van der Waals surface area contributed by atoms with Crippen LogP contribution in [-0.4, -0.2) is 53.4 Å². The summed E-state index contributed by atoms with van der Waals surface area (Å²) in [5.74, 6) is 0. The Labute approximate surface area is 126 Å². The zero-order valence-electron chi connectivity index (χ0n) is 12.6. The van der Waals surface area contributed by atoms with Crippen molar-refractivity contribution in [3.05, 3.63) is 29.6 Å². The van der Waals surface area contributed by atoms with Gasteiger partial charge in [-0.15, -0.1) is 0 Å². The van der Waals surface area contributed by atoms with Crippen LogP contribution in [0.2, 0.25) is 0 Å². The highest BCUT2D eigenvalue weighted by molar-refractivity contribution is 7.86. The number of aromatic nitrogens is 1. The SMILES string of the molecule is Cc1cccc(CN(C)S(=O)(=O)N2CCCCC2CO)n1. The minimum atomic E-state index is -3.57. The number of aliphatic hydroxyl groups excluding tert-OH is 1. The highest BCUT2D eigenvalue weighted by atomic mass is 32.2. The zero-order valence-corrected chi connectivity index (χ0v) is 13.4. The van der Waals surface area contributed by atoms with Crippen LogP contribution in [0.15, 0.2) is 18.2 Å². The second-order valence-corrected chi connectivity index (χ2v) is 7.47. The molecule has 0 amide bonds. The molecule has 0 radical (unpaired) electrons. The lowest BCUT2D eigenvalue weighted by Crippen LogP contribution is -2.50. The number of hydrogen-bond donors (Lipinski definition) is 1. The fourth-order valence-corrected chi connectivity index (χ4v) is 4.20. The van der Waals surface area contributed by atoms with Gasteiger partial charge < -0.3 is 5.11 Å². The summed E-state index contributed by atoms with van der Waals surface area (Å²) in [6.07, 6.45) is 2.51. The van der Waals surface area contributed by atoms with Crippen molar-refractivity contribution in [1.29, 1.82) is 0 Å². The van der Waals surface area contributed by atoms with Crippen LogP contribution in [0, 0.1) is 6.92 Å². The third-order valence-corrected chi connectivity index (χ3v) is 5.79. The molecular weight excluding hydrogens is 290 g/mol. The van der Waals surface area contributed by atoms with E-state index in [1.54, 1.807) is 7.05 Å². The van der Waals surface area contributed by atoms with Crippen molar-refractivity contribution in [3.63, 3.8) is 0 Å². The summed E-state index contributed by atoms with van der Waals surface area (Å²) < 4.78 is 28.0. The van der Waals surface area contributed by atoms with Crippen molar-refractivity contribution in [2.45, 2.75) is 38.8 Å². The Kier molecular flexibility index (Phi) is 5.32. The van der Waals surface area contributed by atoms with E-state index in [9.17, 15) is 13.5 Å². The minimum absolute atomic E-state index is 0.129. The first-order valence-electron chi connectivity index (χ1n) is 7.21. The quantitative estimate of drug-likeness (QED) is 0.877. The molecule has 1 aromatic rings. The summed E-state index contributed by atoms with van der Waals surface area (Å²) >= 11 is 0. The largest absolute Gasteiger partial charge is 0.395 e. The zero-order chi connectivity index (χ0) is 15.5. The van der Waals surface area contributed by atoms with E-state index in [1.165, 1.54) is 8.61 Å². The van der Waals surface area contributed by atoms with Gasteiger partial charge in [0.1, 0.15) is 0 Å². The fourth-order valence-electron chi connectivity index (χ4n) is 2.64. The van der Waals surface area contributed by atoms with Crippen LogP contribution in [0.5, 0.6) is 0 Å². The molecule has 0 bridgehead atoms. The van der Waals surface area contributed by atoms with Gasteiger partial charge in [-0.05, 0) is 31.9 Å². The van der Waals surface area contributed by atoms with Gasteiger partial charge in [-0.25, -0.2) is 0 Å². The molecule has 1 aromatic heterocycles. The summed E-state index contributed by atoms with van der Waals surface area (Å²) in [7, 11) is -2.01. The third-order valence-electron chi connectivity index (χ3n) is 3.80. The van der Waals surface area contributed by atoms with Crippen LogP contribution in [0.4, 0.5) is 0 Å². The van der Waals surface area contributed by atoms with Crippen molar-refractivity contribution >= 4 is 10.2 Å². The molecule has 1 aliphatic rings. The molecule has 1 fully saturated rings. The number of hydrogen-bond acceptors (Lipinski definition) is 4. The number of pyridine rings is 1. The number of piperidine rings is 1. The lowest BCUT2D eigenvalue weighted by atomic mass is 10.1. The van der Waals surface area contributed by atoms with Gasteiger partial charge in [0, 0.05) is 25.3 Å². The molecular formula is C14H23N3O3S. The Bertz CT molecular complexity index is 577. The van der Waals surface area contributed by atoms with Crippen molar-refractivity contribution in [1.82, 2.24) is 13.6 Å². The molecule has 1 N–H and O–H groups in total. The highest BCUT2D eigenvalue weighted by Gasteiger charge is 2.34. The topological polar surface area (TPSA) is 73.7 Å². The molecule has 1 saturated heterocycles. The maximum absolute atomic E-state index is 12.7. The Morgan fingerprint density at radius 2 is 2.19 bits per heavy atom. The first-order chi connectivity index (χ1) is 9.95. The molecule has 6 nitrogen and oxygen atoms in total. The summed E-state index contributed by atoms with van der Waals surface area (Å²) in [6, 6.07) is 5.26. The molecule has 2 heterocycles. The molecule has 0 aromatic carbocycles. The predicted molar refractivity (Wildman–Crippen MR) is 80.8 cm³/mol. The molecule has 21 heavy (non-hydrogen) atoms. The number of nitrogens with zero attached hydrogens (tertiary/aromatic N) is 3. The Morgan fingerprint density at radius 3 is 2.86 bits per heavy atom. The fraction of sp³-hybridized carbons (Fsp3) is 0.643. The number of rotatable bonds is 5. The normalized spacial score (nSPS) is 20.9.